The minimum absolute atomic E-state index is 0.0537. The molecule has 2 aromatic heterocycles. The first-order valence-corrected chi connectivity index (χ1v) is 8.95. The number of benzene rings is 1. The lowest BCUT2D eigenvalue weighted by atomic mass is 10.1. The summed E-state index contributed by atoms with van der Waals surface area (Å²) >= 11 is 0. The molecular formula is C21H23N5O2. The van der Waals surface area contributed by atoms with E-state index in [2.05, 4.69) is 20.3 Å². The van der Waals surface area contributed by atoms with Gasteiger partial charge in [-0.1, -0.05) is 6.07 Å². The van der Waals surface area contributed by atoms with Gasteiger partial charge in [0, 0.05) is 49.0 Å². The van der Waals surface area contributed by atoms with E-state index in [9.17, 15) is 4.79 Å². The van der Waals surface area contributed by atoms with Crippen molar-refractivity contribution in [2.45, 2.75) is 13.1 Å². The maximum Gasteiger partial charge on any atom is 0.258 e. The van der Waals surface area contributed by atoms with Crippen LogP contribution in [0.25, 0.3) is 11.4 Å². The number of hydrogen-bond donors (Lipinski definition) is 1. The van der Waals surface area contributed by atoms with E-state index in [0.29, 0.717) is 24.7 Å². The summed E-state index contributed by atoms with van der Waals surface area (Å²) in [6.45, 7) is 1.04. The van der Waals surface area contributed by atoms with Crippen LogP contribution in [0.3, 0.4) is 0 Å². The molecule has 1 N–H and O–H groups in total. The van der Waals surface area contributed by atoms with Crippen molar-refractivity contribution in [3.63, 3.8) is 0 Å². The second-order valence-corrected chi connectivity index (χ2v) is 6.56. The summed E-state index contributed by atoms with van der Waals surface area (Å²) in [5, 5.41) is 2.83. The van der Waals surface area contributed by atoms with Gasteiger partial charge in [-0.25, -0.2) is 9.97 Å². The van der Waals surface area contributed by atoms with Crippen LogP contribution in [0.2, 0.25) is 0 Å². The van der Waals surface area contributed by atoms with Crippen molar-refractivity contribution in [3.8, 4) is 17.1 Å². The monoisotopic (exact) mass is 377 g/mol. The van der Waals surface area contributed by atoms with Gasteiger partial charge in [0.1, 0.15) is 5.75 Å². The zero-order valence-corrected chi connectivity index (χ0v) is 16.0. The molecule has 2 heterocycles. The molecule has 144 valence electrons. The number of carbonyl (C=O) groups excluding carboxylic acids is 1. The highest BCUT2D eigenvalue weighted by Gasteiger charge is 2.11. The summed E-state index contributed by atoms with van der Waals surface area (Å²) in [7, 11) is 3.96. The molecule has 3 rings (SSSR count). The third-order valence-corrected chi connectivity index (χ3v) is 3.94. The van der Waals surface area contributed by atoms with Crippen LogP contribution < -0.4 is 10.1 Å². The number of rotatable bonds is 8. The SMILES string of the molecule is CN(C)Cc1cc(-c2ncccn2)ccc1OCC(=O)NCc1cccnc1. The van der Waals surface area contributed by atoms with Crippen molar-refractivity contribution in [1.29, 1.82) is 0 Å². The quantitative estimate of drug-likeness (QED) is 0.649. The molecule has 0 unspecified atom stereocenters. The van der Waals surface area contributed by atoms with E-state index in [0.717, 1.165) is 16.7 Å². The molecule has 3 aromatic rings. The van der Waals surface area contributed by atoms with Crippen molar-refractivity contribution in [3.05, 3.63) is 72.3 Å². The van der Waals surface area contributed by atoms with Gasteiger partial charge in [-0.15, -0.1) is 0 Å². The lowest BCUT2D eigenvalue weighted by molar-refractivity contribution is -0.123. The molecule has 0 atom stereocenters. The van der Waals surface area contributed by atoms with Crippen molar-refractivity contribution in [2.75, 3.05) is 20.7 Å². The Morgan fingerprint density at radius 1 is 1.11 bits per heavy atom. The smallest absolute Gasteiger partial charge is 0.258 e. The Morgan fingerprint density at radius 2 is 1.93 bits per heavy atom. The van der Waals surface area contributed by atoms with Crippen LogP contribution in [0.15, 0.2) is 61.2 Å². The minimum atomic E-state index is -0.185. The first-order valence-electron chi connectivity index (χ1n) is 8.95. The fraction of sp³-hybridized carbons (Fsp3) is 0.238. The molecule has 0 fully saturated rings. The standard InChI is InChI=1S/C21H23N5O2/c1-26(2)14-18-11-17(21-23-9-4-10-24-21)6-7-19(18)28-15-20(27)25-13-16-5-3-8-22-12-16/h3-12H,13-15H2,1-2H3,(H,25,27). The van der Waals surface area contributed by atoms with Gasteiger partial charge in [-0.3, -0.25) is 9.78 Å². The van der Waals surface area contributed by atoms with Crippen LogP contribution in [0.4, 0.5) is 0 Å². The van der Waals surface area contributed by atoms with Gasteiger partial charge in [-0.05, 0) is 50.0 Å². The molecule has 0 bridgehead atoms. The fourth-order valence-electron chi connectivity index (χ4n) is 2.67. The van der Waals surface area contributed by atoms with Crippen molar-refractivity contribution in [1.82, 2.24) is 25.2 Å². The molecule has 0 aliphatic rings. The second kappa shape index (κ2) is 9.57. The lowest BCUT2D eigenvalue weighted by Crippen LogP contribution is -2.28. The van der Waals surface area contributed by atoms with E-state index in [1.165, 1.54) is 0 Å². The highest BCUT2D eigenvalue weighted by atomic mass is 16.5. The molecule has 28 heavy (non-hydrogen) atoms. The minimum Gasteiger partial charge on any atom is -0.483 e. The van der Waals surface area contributed by atoms with Crippen LogP contribution in [0.5, 0.6) is 5.75 Å². The number of aromatic nitrogens is 3. The van der Waals surface area contributed by atoms with Crippen molar-refractivity contribution < 1.29 is 9.53 Å². The van der Waals surface area contributed by atoms with Gasteiger partial charge >= 0.3 is 0 Å². The third-order valence-electron chi connectivity index (χ3n) is 3.94. The summed E-state index contributed by atoms with van der Waals surface area (Å²) in [6, 6.07) is 11.3. The van der Waals surface area contributed by atoms with E-state index in [4.69, 9.17) is 4.74 Å². The highest BCUT2D eigenvalue weighted by Crippen LogP contribution is 2.25. The second-order valence-electron chi connectivity index (χ2n) is 6.56. The zero-order chi connectivity index (χ0) is 19.8. The van der Waals surface area contributed by atoms with Gasteiger partial charge in [0.2, 0.25) is 0 Å². The summed E-state index contributed by atoms with van der Waals surface area (Å²) in [4.78, 5) is 26.8. The van der Waals surface area contributed by atoms with E-state index in [-0.39, 0.29) is 12.5 Å². The summed E-state index contributed by atoms with van der Waals surface area (Å²) < 4.78 is 5.78. The van der Waals surface area contributed by atoms with Crippen LogP contribution >= 0.6 is 0 Å². The largest absolute Gasteiger partial charge is 0.483 e. The first-order chi connectivity index (χ1) is 13.6. The Hall–Kier alpha value is -3.32. The Kier molecular flexibility index (Phi) is 6.64. The summed E-state index contributed by atoms with van der Waals surface area (Å²) in [5.74, 6) is 1.14. The Morgan fingerprint density at radius 3 is 2.64 bits per heavy atom. The lowest BCUT2D eigenvalue weighted by Gasteiger charge is -2.16. The molecule has 7 nitrogen and oxygen atoms in total. The first kappa shape index (κ1) is 19.4. The van der Waals surface area contributed by atoms with E-state index in [1.807, 2.05) is 49.3 Å². The average Bonchev–Trinajstić information content (AvgIpc) is 2.72. The number of carbonyl (C=O) groups is 1. The molecule has 0 aliphatic carbocycles. The molecular weight excluding hydrogens is 354 g/mol. The number of nitrogens with zero attached hydrogens (tertiary/aromatic N) is 4. The van der Waals surface area contributed by atoms with Gasteiger partial charge < -0.3 is 15.0 Å². The van der Waals surface area contributed by atoms with Gasteiger partial charge in [0.05, 0.1) is 0 Å². The predicted octanol–water partition coefficient (Wildman–Crippen LogP) is 2.30. The number of pyridine rings is 1. The Balaban J connectivity index is 1.65. The number of ether oxygens (including phenoxy) is 1. The summed E-state index contributed by atoms with van der Waals surface area (Å²) in [5.41, 5.74) is 2.82. The van der Waals surface area contributed by atoms with E-state index >= 15 is 0 Å². The maximum atomic E-state index is 12.1. The topological polar surface area (TPSA) is 80.2 Å². The normalized spacial score (nSPS) is 10.7. The highest BCUT2D eigenvalue weighted by molar-refractivity contribution is 5.77. The molecule has 0 saturated heterocycles. The van der Waals surface area contributed by atoms with Gasteiger partial charge in [-0.2, -0.15) is 0 Å². The average molecular weight is 377 g/mol. The van der Waals surface area contributed by atoms with Crippen LogP contribution in [0.1, 0.15) is 11.1 Å². The number of amides is 1. The third kappa shape index (κ3) is 5.59. The molecule has 0 aliphatic heterocycles. The van der Waals surface area contributed by atoms with Crippen molar-refractivity contribution >= 4 is 5.91 Å². The molecule has 0 radical (unpaired) electrons. The molecule has 0 saturated carbocycles. The number of nitrogens with one attached hydrogen (secondary N) is 1. The van der Waals surface area contributed by atoms with E-state index in [1.54, 1.807) is 30.9 Å². The zero-order valence-electron chi connectivity index (χ0n) is 16.0. The molecule has 0 spiro atoms. The van der Waals surface area contributed by atoms with Crippen LogP contribution in [-0.4, -0.2) is 46.5 Å². The predicted molar refractivity (Wildman–Crippen MR) is 106 cm³/mol. The fourth-order valence-corrected chi connectivity index (χ4v) is 2.67. The van der Waals surface area contributed by atoms with Gasteiger partial charge in [0.15, 0.2) is 12.4 Å². The Labute approximate surface area is 164 Å². The Bertz CT molecular complexity index is 901. The van der Waals surface area contributed by atoms with E-state index < -0.39 is 0 Å². The maximum absolute atomic E-state index is 12.1. The molecule has 1 aromatic carbocycles. The molecule has 7 heteroatoms. The van der Waals surface area contributed by atoms with Crippen LogP contribution in [0, 0.1) is 0 Å². The summed E-state index contributed by atoms with van der Waals surface area (Å²) in [6.07, 6.45) is 6.85. The molecule has 1 amide bonds. The van der Waals surface area contributed by atoms with Gasteiger partial charge in [0.25, 0.3) is 5.91 Å². The number of hydrogen-bond acceptors (Lipinski definition) is 6. The van der Waals surface area contributed by atoms with Crippen LogP contribution in [-0.2, 0) is 17.9 Å². The van der Waals surface area contributed by atoms with Crippen molar-refractivity contribution in [2.24, 2.45) is 0 Å².